The molecule has 7 nitrogen and oxygen atoms in total. The first-order valence-corrected chi connectivity index (χ1v) is 9.39. The van der Waals surface area contributed by atoms with E-state index in [9.17, 15) is 10.1 Å². The highest BCUT2D eigenvalue weighted by Crippen LogP contribution is 2.40. The van der Waals surface area contributed by atoms with Crippen molar-refractivity contribution in [3.05, 3.63) is 94.3 Å². The van der Waals surface area contributed by atoms with E-state index in [1.807, 2.05) is 48.0 Å². The van der Waals surface area contributed by atoms with E-state index in [-0.39, 0.29) is 22.9 Å². The van der Waals surface area contributed by atoms with E-state index in [0.717, 1.165) is 5.56 Å². The standard InChI is InChI=1S/C24H13N5O2/c1-26-18(13-25)20-15-10-6-7-11-16(15)21(30)17(20)12-19-27-23-24(31-19)28-22(29(23)2)14-8-4-3-5-9-14/h3-12H,2H3/b17-12-,20-18-. The molecule has 0 amide bonds. The largest absolute Gasteiger partial charge is 0.417 e. The number of benzene rings is 2. The van der Waals surface area contributed by atoms with Crippen molar-refractivity contribution in [2.24, 2.45) is 7.05 Å². The Labute approximate surface area is 177 Å². The Morgan fingerprint density at radius 1 is 1.13 bits per heavy atom. The van der Waals surface area contributed by atoms with Gasteiger partial charge in [-0.1, -0.05) is 54.6 Å². The van der Waals surface area contributed by atoms with Crippen molar-refractivity contribution in [1.82, 2.24) is 14.5 Å². The highest BCUT2D eigenvalue weighted by Gasteiger charge is 2.32. The third kappa shape index (κ3) is 2.77. The number of hydrogen-bond acceptors (Lipinski definition) is 5. The van der Waals surface area contributed by atoms with Crippen LogP contribution in [0.25, 0.3) is 39.2 Å². The van der Waals surface area contributed by atoms with Gasteiger partial charge in [0.25, 0.3) is 11.4 Å². The van der Waals surface area contributed by atoms with Gasteiger partial charge < -0.3 is 8.98 Å². The number of imidazole rings is 1. The lowest BCUT2D eigenvalue weighted by Gasteiger charge is -2.01. The van der Waals surface area contributed by atoms with E-state index in [1.54, 1.807) is 24.3 Å². The zero-order chi connectivity index (χ0) is 21.5. The lowest BCUT2D eigenvalue weighted by atomic mass is 10.0. The van der Waals surface area contributed by atoms with Crippen LogP contribution in [0.5, 0.6) is 0 Å². The molecule has 0 radical (unpaired) electrons. The summed E-state index contributed by atoms with van der Waals surface area (Å²) in [6.07, 6.45) is 1.48. The van der Waals surface area contributed by atoms with Crippen LogP contribution in [-0.2, 0) is 7.05 Å². The van der Waals surface area contributed by atoms with Crippen LogP contribution < -0.4 is 0 Å². The number of aryl methyl sites for hydroxylation is 1. The van der Waals surface area contributed by atoms with Crippen molar-refractivity contribution >= 4 is 28.8 Å². The Kier molecular flexibility index (Phi) is 4.10. The van der Waals surface area contributed by atoms with Crippen LogP contribution in [0, 0.1) is 17.9 Å². The van der Waals surface area contributed by atoms with Gasteiger partial charge in [-0.15, -0.1) is 0 Å². The van der Waals surface area contributed by atoms with Gasteiger partial charge in [-0.05, 0) is 5.56 Å². The number of aromatic nitrogens is 3. The minimum Gasteiger partial charge on any atom is -0.417 e. The molecule has 0 N–H and O–H groups in total. The normalized spacial score (nSPS) is 15.7. The Balaban J connectivity index is 1.65. The van der Waals surface area contributed by atoms with Crippen molar-refractivity contribution in [3.63, 3.8) is 0 Å². The topological polar surface area (TPSA) is 89.1 Å². The summed E-state index contributed by atoms with van der Waals surface area (Å²) in [5, 5.41) is 9.43. The van der Waals surface area contributed by atoms with E-state index >= 15 is 0 Å². The molecule has 0 bridgehead atoms. The van der Waals surface area contributed by atoms with Gasteiger partial charge in [0.05, 0.1) is 12.6 Å². The van der Waals surface area contributed by atoms with Crippen molar-refractivity contribution in [1.29, 1.82) is 5.26 Å². The zero-order valence-corrected chi connectivity index (χ0v) is 16.3. The number of Topliss-reactive ketones (excluding diaryl/α,β-unsaturated/α-hetero) is 1. The molecule has 4 aromatic rings. The summed E-state index contributed by atoms with van der Waals surface area (Å²) in [6, 6.07) is 18.5. The van der Waals surface area contributed by atoms with Gasteiger partial charge in [0, 0.05) is 35.4 Å². The van der Waals surface area contributed by atoms with E-state index in [0.29, 0.717) is 33.9 Å². The minimum atomic E-state index is -0.276. The number of allylic oxidation sites excluding steroid dienone is 3. The number of ketones is 1. The van der Waals surface area contributed by atoms with Crippen LogP contribution in [-0.4, -0.2) is 20.3 Å². The average molecular weight is 403 g/mol. The molecule has 1 aliphatic carbocycles. The number of nitriles is 1. The van der Waals surface area contributed by atoms with Gasteiger partial charge in [-0.2, -0.15) is 9.97 Å². The quantitative estimate of drug-likeness (QED) is 0.276. The second-order valence-corrected chi connectivity index (χ2v) is 6.92. The highest BCUT2D eigenvalue weighted by molar-refractivity contribution is 6.29. The van der Waals surface area contributed by atoms with Crippen molar-refractivity contribution < 1.29 is 9.21 Å². The lowest BCUT2D eigenvalue weighted by Crippen LogP contribution is -1.96. The summed E-state index contributed by atoms with van der Waals surface area (Å²) in [5.74, 6) is 0.622. The molecule has 31 heavy (non-hydrogen) atoms. The molecule has 5 rings (SSSR count). The molecule has 0 fully saturated rings. The van der Waals surface area contributed by atoms with Crippen LogP contribution in [0.1, 0.15) is 21.8 Å². The second-order valence-electron chi connectivity index (χ2n) is 6.92. The van der Waals surface area contributed by atoms with Gasteiger partial charge in [0.2, 0.25) is 11.5 Å². The smallest absolute Gasteiger partial charge is 0.270 e. The molecule has 2 aromatic carbocycles. The van der Waals surface area contributed by atoms with Gasteiger partial charge in [-0.3, -0.25) is 4.79 Å². The monoisotopic (exact) mass is 403 g/mol. The summed E-state index contributed by atoms with van der Waals surface area (Å²) >= 11 is 0. The van der Waals surface area contributed by atoms with Crippen LogP contribution in [0.2, 0.25) is 0 Å². The van der Waals surface area contributed by atoms with E-state index in [4.69, 9.17) is 11.0 Å². The molecule has 0 unspecified atom stereocenters. The molecule has 2 aromatic heterocycles. The first kappa shape index (κ1) is 18.3. The molecule has 0 spiro atoms. The Morgan fingerprint density at radius 3 is 2.52 bits per heavy atom. The maximum atomic E-state index is 13.0. The van der Waals surface area contributed by atoms with Gasteiger partial charge in [0.15, 0.2) is 5.78 Å². The maximum Gasteiger partial charge on any atom is 0.270 e. The summed E-state index contributed by atoms with van der Waals surface area (Å²) < 4.78 is 7.62. The maximum absolute atomic E-state index is 13.0. The fraction of sp³-hybridized carbons (Fsp3) is 0.0417. The third-order valence-corrected chi connectivity index (χ3v) is 5.16. The minimum absolute atomic E-state index is 0.148. The van der Waals surface area contributed by atoms with Gasteiger partial charge in [-0.25, -0.2) is 10.1 Å². The predicted molar refractivity (Wildman–Crippen MR) is 114 cm³/mol. The van der Waals surface area contributed by atoms with Crippen molar-refractivity contribution in [3.8, 4) is 17.5 Å². The Hall–Kier alpha value is -4.75. The van der Waals surface area contributed by atoms with Crippen LogP contribution in [0.15, 0.2) is 70.3 Å². The third-order valence-electron chi connectivity index (χ3n) is 5.16. The molecule has 0 aliphatic heterocycles. The molecule has 146 valence electrons. The molecular weight excluding hydrogens is 390 g/mol. The molecule has 0 saturated heterocycles. The molecule has 1 aliphatic rings. The van der Waals surface area contributed by atoms with E-state index < -0.39 is 0 Å². The zero-order valence-electron chi connectivity index (χ0n) is 16.3. The van der Waals surface area contributed by atoms with Crippen molar-refractivity contribution in [2.45, 2.75) is 0 Å². The number of carbonyl (C=O) groups is 1. The predicted octanol–water partition coefficient (Wildman–Crippen LogP) is 4.66. The average Bonchev–Trinajstić information content (AvgIpc) is 3.43. The van der Waals surface area contributed by atoms with Gasteiger partial charge in [0.1, 0.15) is 5.82 Å². The van der Waals surface area contributed by atoms with Crippen molar-refractivity contribution in [2.75, 3.05) is 0 Å². The number of carbonyl (C=O) groups excluding carboxylic acids is 1. The van der Waals surface area contributed by atoms with E-state index in [1.165, 1.54) is 6.08 Å². The summed E-state index contributed by atoms with van der Waals surface area (Å²) in [4.78, 5) is 25.3. The fourth-order valence-electron chi connectivity index (χ4n) is 3.75. The van der Waals surface area contributed by atoms with Crippen LogP contribution in [0.4, 0.5) is 0 Å². The molecule has 2 heterocycles. The number of fused-ring (bicyclic) bond motifs is 2. The number of rotatable bonds is 2. The Bertz CT molecular complexity index is 1510. The van der Waals surface area contributed by atoms with E-state index in [2.05, 4.69) is 14.8 Å². The van der Waals surface area contributed by atoms with Crippen LogP contribution in [0.3, 0.4) is 0 Å². The summed E-state index contributed by atoms with van der Waals surface area (Å²) in [6.45, 7) is 7.35. The van der Waals surface area contributed by atoms with Gasteiger partial charge >= 0.3 is 0 Å². The second kappa shape index (κ2) is 6.94. The van der Waals surface area contributed by atoms with Crippen LogP contribution >= 0.6 is 0 Å². The first-order chi connectivity index (χ1) is 15.1. The number of oxazole rings is 1. The number of hydrogen-bond donors (Lipinski definition) is 0. The molecular formula is C24H13N5O2. The molecule has 0 saturated carbocycles. The molecule has 7 heteroatoms. The molecule has 0 atom stereocenters. The number of nitrogens with zero attached hydrogens (tertiary/aromatic N) is 5. The lowest BCUT2D eigenvalue weighted by molar-refractivity contribution is 0.104. The fourth-order valence-corrected chi connectivity index (χ4v) is 3.75. The first-order valence-electron chi connectivity index (χ1n) is 9.39. The summed E-state index contributed by atoms with van der Waals surface area (Å²) in [5.41, 5.74) is 3.18. The highest BCUT2D eigenvalue weighted by atomic mass is 16.4. The summed E-state index contributed by atoms with van der Waals surface area (Å²) in [7, 11) is 1.84. The Morgan fingerprint density at radius 2 is 1.84 bits per heavy atom. The SMILES string of the molecule is [C-]#[N+]/C(C#N)=C1\C(=C\c2nc3c(nc(-c4ccccc4)n3C)o2)C(=O)c2ccccc21.